The Kier molecular flexibility index (Phi) is 8.43. The predicted octanol–water partition coefficient (Wildman–Crippen LogP) is 4.59. The molecule has 1 saturated heterocycles. The first-order chi connectivity index (χ1) is 17.3. The SMILES string of the molecule is CC(NC(=O)CSc1nc(Cl)cc(N2CCN(C(=O)c3ccc(F)cc3)C(C)C2)n1)c1ccccc1. The molecule has 0 radical (unpaired) electrons. The number of hydrogen-bond acceptors (Lipinski definition) is 6. The number of carbonyl (C=O) groups excluding carboxylic acids is 2. The number of hydrogen-bond donors (Lipinski definition) is 1. The quantitative estimate of drug-likeness (QED) is 0.275. The molecule has 7 nitrogen and oxygen atoms in total. The average Bonchev–Trinajstić information content (AvgIpc) is 2.87. The lowest BCUT2D eigenvalue weighted by molar-refractivity contribution is -0.119. The van der Waals surface area contributed by atoms with Gasteiger partial charge < -0.3 is 15.1 Å². The second kappa shape index (κ2) is 11.7. The highest BCUT2D eigenvalue weighted by Crippen LogP contribution is 2.25. The fourth-order valence-corrected chi connectivity index (χ4v) is 4.97. The second-order valence-electron chi connectivity index (χ2n) is 8.62. The zero-order chi connectivity index (χ0) is 25.7. The molecule has 2 amide bonds. The molecule has 36 heavy (non-hydrogen) atoms. The lowest BCUT2D eigenvalue weighted by Crippen LogP contribution is -2.54. The van der Waals surface area contributed by atoms with E-state index in [4.69, 9.17) is 11.6 Å². The number of carbonyl (C=O) groups is 2. The number of nitrogens with zero attached hydrogens (tertiary/aromatic N) is 4. The van der Waals surface area contributed by atoms with Gasteiger partial charge in [-0.05, 0) is 43.7 Å². The standard InChI is InChI=1S/C26H27ClFN5O2S/c1-17-15-32(12-13-33(17)25(35)20-8-10-21(28)11-9-20)23-14-22(27)30-26(31-23)36-16-24(34)29-18(2)19-6-4-3-5-7-19/h3-11,14,17-18H,12-13,15-16H2,1-2H3,(H,29,34). The number of thioether (sulfide) groups is 1. The second-order valence-corrected chi connectivity index (χ2v) is 9.95. The van der Waals surface area contributed by atoms with Crippen molar-refractivity contribution >= 4 is 41.0 Å². The number of piperazine rings is 1. The minimum atomic E-state index is -0.373. The summed E-state index contributed by atoms with van der Waals surface area (Å²) in [5, 5.41) is 3.68. The zero-order valence-corrected chi connectivity index (χ0v) is 21.6. The van der Waals surface area contributed by atoms with Crippen LogP contribution in [0.2, 0.25) is 5.15 Å². The Morgan fingerprint density at radius 1 is 1.14 bits per heavy atom. The van der Waals surface area contributed by atoms with Gasteiger partial charge in [-0.2, -0.15) is 0 Å². The summed E-state index contributed by atoms with van der Waals surface area (Å²) < 4.78 is 13.2. The van der Waals surface area contributed by atoms with E-state index in [2.05, 4.69) is 15.3 Å². The highest BCUT2D eigenvalue weighted by atomic mass is 35.5. The molecule has 1 aliphatic heterocycles. The predicted molar refractivity (Wildman–Crippen MR) is 140 cm³/mol. The summed E-state index contributed by atoms with van der Waals surface area (Å²) in [6.07, 6.45) is 0. The van der Waals surface area contributed by atoms with Gasteiger partial charge in [-0.3, -0.25) is 9.59 Å². The van der Waals surface area contributed by atoms with Gasteiger partial charge in [0.15, 0.2) is 5.16 Å². The summed E-state index contributed by atoms with van der Waals surface area (Å²) in [6.45, 7) is 5.50. The summed E-state index contributed by atoms with van der Waals surface area (Å²) in [4.78, 5) is 38.0. The van der Waals surface area contributed by atoms with E-state index >= 15 is 0 Å². The molecule has 1 aromatic heterocycles. The van der Waals surface area contributed by atoms with E-state index in [1.165, 1.54) is 36.0 Å². The highest BCUT2D eigenvalue weighted by molar-refractivity contribution is 7.99. The van der Waals surface area contributed by atoms with Crippen molar-refractivity contribution in [2.24, 2.45) is 0 Å². The fourth-order valence-electron chi connectivity index (χ4n) is 4.08. The van der Waals surface area contributed by atoms with Crippen LogP contribution in [0.5, 0.6) is 0 Å². The molecule has 2 heterocycles. The van der Waals surface area contributed by atoms with Crippen LogP contribution in [-0.2, 0) is 4.79 Å². The molecule has 1 fully saturated rings. The number of benzene rings is 2. The van der Waals surface area contributed by atoms with Crippen LogP contribution < -0.4 is 10.2 Å². The summed E-state index contributed by atoms with van der Waals surface area (Å²) in [7, 11) is 0. The fraction of sp³-hybridized carbons (Fsp3) is 0.308. The number of amides is 2. The van der Waals surface area contributed by atoms with Crippen molar-refractivity contribution in [3.63, 3.8) is 0 Å². The van der Waals surface area contributed by atoms with Crippen molar-refractivity contribution in [2.75, 3.05) is 30.3 Å². The summed E-state index contributed by atoms with van der Waals surface area (Å²) in [6, 6.07) is 16.8. The number of rotatable bonds is 7. The molecular formula is C26H27ClFN5O2S. The third kappa shape index (κ3) is 6.53. The third-order valence-corrected chi connectivity index (χ3v) is 7.01. The Morgan fingerprint density at radius 2 is 1.86 bits per heavy atom. The van der Waals surface area contributed by atoms with Gasteiger partial charge in [0.05, 0.1) is 11.8 Å². The van der Waals surface area contributed by atoms with Crippen LogP contribution in [0.1, 0.15) is 35.8 Å². The summed E-state index contributed by atoms with van der Waals surface area (Å²) in [5.74, 6) is 0.184. The van der Waals surface area contributed by atoms with Gasteiger partial charge in [-0.25, -0.2) is 14.4 Å². The maximum absolute atomic E-state index is 13.2. The van der Waals surface area contributed by atoms with E-state index in [9.17, 15) is 14.0 Å². The Bertz CT molecular complexity index is 1210. The van der Waals surface area contributed by atoms with Gasteiger partial charge in [0.2, 0.25) is 5.91 Å². The average molecular weight is 528 g/mol. The first kappa shape index (κ1) is 25.9. The minimum Gasteiger partial charge on any atom is -0.353 e. The number of nitrogens with one attached hydrogen (secondary N) is 1. The van der Waals surface area contributed by atoms with E-state index in [-0.39, 0.29) is 40.6 Å². The number of aromatic nitrogens is 2. The number of halogens is 2. The first-order valence-electron chi connectivity index (χ1n) is 11.6. The maximum Gasteiger partial charge on any atom is 0.254 e. The van der Waals surface area contributed by atoms with Crippen molar-refractivity contribution in [1.29, 1.82) is 0 Å². The Hall–Kier alpha value is -3.17. The molecule has 10 heteroatoms. The first-order valence-corrected chi connectivity index (χ1v) is 13.0. The van der Waals surface area contributed by atoms with E-state index < -0.39 is 0 Å². The molecule has 0 bridgehead atoms. The van der Waals surface area contributed by atoms with Crippen LogP contribution in [0.25, 0.3) is 0 Å². The highest BCUT2D eigenvalue weighted by Gasteiger charge is 2.29. The Morgan fingerprint density at radius 3 is 2.56 bits per heavy atom. The monoisotopic (exact) mass is 527 g/mol. The Labute approximate surface area is 219 Å². The normalized spacial score (nSPS) is 16.5. The van der Waals surface area contributed by atoms with Crippen LogP contribution in [-0.4, -0.2) is 58.1 Å². The lowest BCUT2D eigenvalue weighted by atomic mass is 10.1. The van der Waals surface area contributed by atoms with Crippen LogP contribution in [0.15, 0.2) is 65.8 Å². The van der Waals surface area contributed by atoms with Crippen molar-refractivity contribution < 1.29 is 14.0 Å². The molecular weight excluding hydrogens is 501 g/mol. The maximum atomic E-state index is 13.2. The molecule has 188 valence electrons. The molecule has 0 saturated carbocycles. The number of anilines is 1. The molecule has 4 rings (SSSR count). The molecule has 1 aliphatic rings. The van der Waals surface area contributed by atoms with Gasteiger partial charge in [-0.15, -0.1) is 0 Å². The van der Waals surface area contributed by atoms with E-state index in [1.807, 2.05) is 49.1 Å². The van der Waals surface area contributed by atoms with E-state index in [0.29, 0.717) is 36.2 Å². The van der Waals surface area contributed by atoms with Crippen molar-refractivity contribution in [3.8, 4) is 0 Å². The minimum absolute atomic E-state index is 0.0913. The molecule has 2 atom stereocenters. The molecule has 3 aromatic rings. The molecule has 1 N–H and O–H groups in total. The van der Waals surface area contributed by atoms with Crippen molar-refractivity contribution in [2.45, 2.75) is 31.1 Å². The van der Waals surface area contributed by atoms with E-state index in [1.54, 1.807) is 11.0 Å². The van der Waals surface area contributed by atoms with Gasteiger partial charge in [0.1, 0.15) is 16.8 Å². The third-order valence-electron chi connectivity index (χ3n) is 5.97. The van der Waals surface area contributed by atoms with Crippen molar-refractivity contribution in [3.05, 3.63) is 82.8 Å². The van der Waals surface area contributed by atoms with Crippen LogP contribution in [0.4, 0.5) is 10.2 Å². The van der Waals surface area contributed by atoms with Crippen LogP contribution in [0, 0.1) is 5.82 Å². The van der Waals surface area contributed by atoms with E-state index in [0.717, 1.165) is 5.56 Å². The topological polar surface area (TPSA) is 78.4 Å². The van der Waals surface area contributed by atoms with Gasteiger partial charge in [0.25, 0.3) is 5.91 Å². The van der Waals surface area contributed by atoms with Gasteiger partial charge in [-0.1, -0.05) is 53.7 Å². The summed E-state index contributed by atoms with van der Waals surface area (Å²) >= 11 is 7.49. The summed E-state index contributed by atoms with van der Waals surface area (Å²) in [5.41, 5.74) is 1.49. The lowest BCUT2D eigenvalue weighted by Gasteiger charge is -2.40. The molecule has 0 aliphatic carbocycles. The van der Waals surface area contributed by atoms with Crippen LogP contribution >= 0.6 is 23.4 Å². The Balaban J connectivity index is 1.35. The van der Waals surface area contributed by atoms with Gasteiger partial charge in [0, 0.05) is 37.3 Å². The largest absolute Gasteiger partial charge is 0.353 e. The zero-order valence-electron chi connectivity index (χ0n) is 20.0. The molecule has 2 aromatic carbocycles. The van der Waals surface area contributed by atoms with Crippen LogP contribution in [0.3, 0.4) is 0 Å². The molecule has 0 spiro atoms. The smallest absolute Gasteiger partial charge is 0.254 e. The van der Waals surface area contributed by atoms with Gasteiger partial charge >= 0.3 is 0 Å². The van der Waals surface area contributed by atoms with Crippen molar-refractivity contribution in [1.82, 2.24) is 20.2 Å². The molecule has 2 unspecified atom stereocenters.